The van der Waals surface area contributed by atoms with Crippen molar-refractivity contribution in [3.05, 3.63) is 60.8 Å². The minimum absolute atomic E-state index is 0.0740. The van der Waals surface area contributed by atoms with Crippen LogP contribution in [-0.2, 0) is 28.6 Å². The van der Waals surface area contributed by atoms with E-state index in [0.29, 0.717) is 19.3 Å². The van der Waals surface area contributed by atoms with Crippen LogP contribution in [0.1, 0.15) is 323 Å². The van der Waals surface area contributed by atoms with Crippen molar-refractivity contribution in [3.8, 4) is 0 Å². The molecule has 1 unspecified atom stereocenters. The van der Waals surface area contributed by atoms with Crippen molar-refractivity contribution < 1.29 is 28.6 Å². The molecule has 0 fully saturated rings. The zero-order valence-electron chi connectivity index (χ0n) is 47.9. The van der Waals surface area contributed by atoms with E-state index in [1.54, 1.807) is 0 Å². The monoisotopic (exact) mass is 1010 g/mol. The number of rotatable bonds is 57. The lowest BCUT2D eigenvalue weighted by atomic mass is 10.0. The highest BCUT2D eigenvalue weighted by Crippen LogP contribution is 2.17. The number of hydrogen-bond donors (Lipinski definition) is 0. The topological polar surface area (TPSA) is 78.9 Å². The highest BCUT2D eigenvalue weighted by atomic mass is 16.6. The number of esters is 3. The van der Waals surface area contributed by atoms with E-state index in [4.69, 9.17) is 14.2 Å². The first kappa shape index (κ1) is 69.1. The highest BCUT2D eigenvalue weighted by Gasteiger charge is 2.19. The van der Waals surface area contributed by atoms with E-state index in [1.165, 1.54) is 193 Å². The minimum atomic E-state index is -0.777. The lowest BCUT2D eigenvalue weighted by molar-refractivity contribution is -0.167. The van der Waals surface area contributed by atoms with Crippen LogP contribution >= 0.6 is 0 Å². The van der Waals surface area contributed by atoms with Crippen LogP contribution in [0.3, 0.4) is 0 Å². The summed E-state index contributed by atoms with van der Waals surface area (Å²) in [5.74, 6) is -0.867. The maximum atomic E-state index is 12.9. The van der Waals surface area contributed by atoms with E-state index >= 15 is 0 Å². The number of hydrogen-bond acceptors (Lipinski definition) is 6. The van der Waals surface area contributed by atoms with Crippen LogP contribution in [0.25, 0.3) is 0 Å². The Kier molecular flexibility index (Phi) is 58.2. The van der Waals surface area contributed by atoms with E-state index in [9.17, 15) is 14.4 Å². The Balaban J connectivity index is 4.35. The molecule has 0 rings (SSSR count). The Bertz CT molecular complexity index is 1290. The molecular weight excluding hydrogens is 889 g/mol. The average molecular weight is 1010 g/mol. The van der Waals surface area contributed by atoms with Crippen LogP contribution in [0, 0.1) is 0 Å². The van der Waals surface area contributed by atoms with Gasteiger partial charge in [0, 0.05) is 19.3 Å². The quantitative estimate of drug-likeness (QED) is 0.0261. The van der Waals surface area contributed by atoms with Gasteiger partial charge in [-0.2, -0.15) is 0 Å². The van der Waals surface area contributed by atoms with Gasteiger partial charge in [-0.1, -0.05) is 281 Å². The zero-order valence-corrected chi connectivity index (χ0v) is 47.9. The third kappa shape index (κ3) is 58.0. The second-order valence-electron chi connectivity index (χ2n) is 20.9. The van der Waals surface area contributed by atoms with Gasteiger partial charge in [0.15, 0.2) is 6.10 Å². The summed E-state index contributed by atoms with van der Waals surface area (Å²) < 4.78 is 16.9. The Hall–Kier alpha value is -2.89. The first-order chi connectivity index (χ1) is 35.5. The van der Waals surface area contributed by atoms with Crippen molar-refractivity contribution in [2.45, 2.75) is 329 Å². The summed E-state index contributed by atoms with van der Waals surface area (Å²) in [6, 6.07) is 0. The first-order valence-electron chi connectivity index (χ1n) is 31.3. The Labute approximate surface area is 447 Å². The number of unbranched alkanes of at least 4 members (excludes halogenated alkanes) is 36. The predicted molar refractivity (Wildman–Crippen MR) is 312 cm³/mol. The van der Waals surface area contributed by atoms with E-state index in [0.717, 1.165) is 89.9 Å². The molecule has 0 saturated heterocycles. The van der Waals surface area contributed by atoms with E-state index in [1.807, 2.05) is 0 Å². The summed E-state index contributed by atoms with van der Waals surface area (Å²) in [7, 11) is 0. The van der Waals surface area contributed by atoms with Gasteiger partial charge in [0.05, 0.1) is 0 Å². The SMILES string of the molecule is CC/C=C\C/C=C\C/C=C\C/C=C\CCCCCCCCCCC(=O)OCC(COC(=O)CCCCCCCCCCCCCCCC)OC(=O)CCCCCCCCCCC/C=C\CCCCCCCC. The van der Waals surface area contributed by atoms with Gasteiger partial charge in [0.2, 0.25) is 0 Å². The lowest BCUT2D eigenvalue weighted by Crippen LogP contribution is -2.30. The van der Waals surface area contributed by atoms with Crippen molar-refractivity contribution in [2.75, 3.05) is 13.2 Å². The van der Waals surface area contributed by atoms with Gasteiger partial charge in [0.1, 0.15) is 13.2 Å². The first-order valence-corrected chi connectivity index (χ1v) is 31.3. The second-order valence-corrected chi connectivity index (χ2v) is 20.9. The maximum Gasteiger partial charge on any atom is 0.306 e. The van der Waals surface area contributed by atoms with E-state index in [-0.39, 0.29) is 31.1 Å². The molecule has 418 valence electrons. The Morgan fingerprint density at radius 2 is 0.542 bits per heavy atom. The van der Waals surface area contributed by atoms with Crippen LogP contribution in [-0.4, -0.2) is 37.2 Å². The zero-order chi connectivity index (χ0) is 52.2. The minimum Gasteiger partial charge on any atom is -0.462 e. The van der Waals surface area contributed by atoms with Gasteiger partial charge in [-0.3, -0.25) is 14.4 Å². The molecule has 6 heteroatoms. The van der Waals surface area contributed by atoms with Crippen molar-refractivity contribution >= 4 is 17.9 Å². The maximum absolute atomic E-state index is 12.9. The van der Waals surface area contributed by atoms with Crippen LogP contribution in [0.4, 0.5) is 0 Å². The summed E-state index contributed by atoms with van der Waals surface area (Å²) in [5, 5.41) is 0. The molecule has 0 aromatic heterocycles. The molecule has 6 nitrogen and oxygen atoms in total. The summed E-state index contributed by atoms with van der Waals surface area (Å²) in [4.78, 5) is 38.3. The fraction of sp³-hybridized carbons (Fsp3) is 0.803. The smallest absolute Gasteiger partial charge is 0.306 e. The molecule has 0 radical (unpaired) electrons. The van der Waals surface area contributed by atoms with Crippen molar-refractivity contribution in [2.24, 2.45) is 0 Å². The number of ether oxygens (including phenoxy) is 3. The van der Waals surface area contributed by atoms with Crippen LogP contribution in [0.15, 0.2) is 60.8 Å². The van der Waals surface area contributed by atoms with Crippen molar-refractivity contribution in [1.29, 1.82) is 0 Å². The van der Waals surface area contributed by atoms with Gasteiger partial charge in [0.25, 0.3) is 0 Å². The molecule has 72 heavy (non-hydrogen) atoms. The van der Waals surface area contributed by atoms with Gasteiger partial charge < -0.3 is 14.2 Å². The summed E-state index contributed by atoms with van der Waals surface area (Å²) in [6.07, 6.45) is 76.4. The van der Waals surface area contributed by atoms with Gasteiger partial charge in [-0.05, 0) is 83.5 Å². The van der Waals surface area contributed by atoms with Crippen molar-refractivity contribution in [3.63, 3.8) is 0 Å². The molecule has 0 aromatic rings. The standard InChI is InChI=1S/C66H118O6/c1-4-7-10-13-16-19-22-25-28-30-32-33-35-36-38-41-44-47-50-53-56-59-65(68)71-62-63(61-70-64(67)58-55-52-49-46-43-40-27-24-21-18-15-12-9-6-3)72-66(69)60-57-54-51-48-45-42-39-37-34-31-29-26-23-20-17-14-11-8-5-2/h7,10,16,19,25-26,28-29,32-33,63H,4-6,8-9,11-15,17-18,20-24,27,30-31,34-62H2,1-3H3/b10-7-,19-16-,28-25-,29-26-,33-32-. The molecule has 0 bridgehead atoms. The molecule has 0 aliphatic rings. The van der Waals surface area contributed by atoms with Crippen LogP contribution < -0.4 is 0 Å². The average Bonchev–Trinajstić information content (AvgIpc) is 3.38. The Morgan fingerprint density at radius 1 is 0.292 bits per heavy atom. The van der Waals surface area contributed by atoms with Crippen LogP contribution in [0.5, 0.6) is 0 Å². The molecule has 0 amide bonds. The normalized spacial score (nSPS) is 12.4. The lowest BCUT2D eigenvalue weighted by Gasteiger charge is -2.18. The molecule has 0 N–H and O–H groups in total. The predicted octanol–water partition coefficient (Wildman–Crippen LogP) is 21.2. The van der Waals surface area contributed by atoms with E-state index < -0.39 is 6.10 Å². The van der Waals surface area contributed by atoms with Gasteiger partial charge in [-0.25, -0.2) is 0 Å². The molecule has 0 aliphatic heterocycles. The van der Waals surface area contributed by atoms with Gasteiger partial charge in [-0.15, -0.1) is 0 Å². The van der Waals surface area contributed by atoms with Gasteiger partial charge >= 0.3 is 17.9 Å². The largest absolute Gasteiger partial charge is 0.462 e. The summed E-state index contributed by atoms with van der Waals surface area (Å²) in [6.45, 7) is 6.56. The summed E-state index contributed by atoms with van der Waals surface area (Å²) >= 11 is 0. The molecule has 1 atom stereocenters. The van der Waals surface area contributed by atoms with Crippen LogP contribution in [0.2, 0.25) is 0 Å². The molecule has 0 spiro atoms. The highest BCUT2D eigenvalue weighted by molar-refractivity contribution is 5.71. The second kappa shape index (κ2) is 60.7. The molecular formula is C66H118O6. The third-order valence-electron chi connectivity index (χ3n) is 13.8. The fourth-order valence-electron chi connectivity index (χ4n) is 9.08. The number of allylic oxidation sites excluding steroid dienone is 10. The number of carbonyl (C=O) groups is 3. The molecule has 0 saturated carbocycles. The fourth-order valence-corrected chi connectivity index (χ4v) is 9.08. The third-order valence-corrected chi connectivity index (χ3v) is 13.8. The number of carbonyl (C=O) groups excluding carboxylic acids is 3. The molecule has 0 aromatic carbocycles. The molecule has 0 aliphatic carbocycles. The van der Waals surface area contributed by atoms with Crippen molar-refractivity contribution in [1.82, 2.24) is 0 Å². The summed E-state index contributed by atoms with van der Waals surface area (Å²) in [5.41, 5.74) is 0. The molecule has 0 heterocycles. The van der Waals surface area contributed by atoms with E-state index in [2.05, 4.69) is 81.5 Å². The Morgan fingerprint density at radius 3 is 0.861 bits per heavy atom.